The lowest BCUT2D eigenvalue weighted by Crippen LogP contribution is -2.35. The minimum Gasteiger partial charge on any atom is -0.469 e. The summed E-state index contributed by atoms with van der Waals surface area (Å²) in [5, 5.41) is 2.83. The van der Waals surface area contributed by atoms with Crippen LogP contribution in [0, 0.1) is 6.92 Å². The van der Waals surface area contributed by atoms with Gasteiger partial charge >= 0.3 is 0 Å². The van der Waals surface area contributed by atoms with E-state index < -0.39 is 10.0 Å². The number of amides is 1. The molecule has 0 radical (unpaired) electrons. The van der Waals surface area contributed by atoms with Crippen LogP contribution in [-0.4, -0.2) is 45.8 Å². The number of rotatable bonds is 5. The van der Waals surface area contributed by atoms with Crippen molar-refractivity contribution in [3.05, 3.63) is 41.9 Å². The maximum atomic E-state index is 13.0. The van der Waals surface area contributed by atoms with Crippen LogP contribution in [0.3, 0.4) is 0 Å². The first-order valence-electron chi connectivity index (χ1n) is 8.97. The molecule has 1 aromatic carbocycles. The Morgan fingerprint density at radius 3 is 2.44 bits per heavy atom. The summed E-state index contributed by atoms with van der Waals surface area (Å²) in [6, 6.07) is 6.44. The molecule has 7 nitrogen and oxygen atoms in total. The summed E-state index contributed by atoms with van der Waals surface area (Å²) in [4.78, 5) is 14.6. The molecule has 1 amide bonds. The Bertz CT molecular complexity index is 928. The molecule has 1 aliphatic heterocycles. The number of hydrogen-bond donors (Lipinski definition) is 1. The molecule has 2 heterocycles. The van der Waals surface area contributed by atoms with E-state index in [9.17, 15) is 13.2 Å². The van der Waals surface area contributed by atoms with Crippen molar-refractivity contribution in [2.45, 2.75) is 31.1 Å². The van der Waals surface area contributed by atoms with E-state index in [4.69, 9.17) is 4.42 Å². The van der Waals surface area contributed by atoms with E-state index in [1.165, 1.54) is 16.6 Å². The first kappa shape index (κ1) is 19.4. The molecule has 0 aliphatic carbocycles. The zero-order valence-corrected chi connectivity index (χ0v) is 16.7. The highest BCUT2D eigenvalue weighted by atomic mass is 32.2. The number of sulfonamides is 1. The molecule has 0 bridgehead atoms. The number of furan rings is 1. The fourth-order valence-electron chi connectivity index (χ4n) is 3.23. The molecule has 1 saturated heterocycles. The molecule has 0 saturated carbocycles. The fraction of sp³-hybridized carbons (Fsp3) is 0.421. The fourth-order valence-corrected chi connectivity index (χ4v) is 4.77. The summed E-state index contributed by atoms with van der Waals surface area (Å²) in [7, 11) is 0.101. The average molecular weight is 391 g/mol. The molecule has 3 rings (SSSR count). The maximum Gasteiger partial charge on any atom is 0.259 e. The highest BCUT2D eigenvalue weighted by Crippen LogP contribution is 2.30. The SMILES string of the molecule is Cc1occc1C(=O)Nc1cc(S(=O)(=O)N2CCCCC2)ccc1N(C)C. The molecule has 146 valence electrons. The van der Waals surface area contributed by atoms with Crippen LogP contribution < -0.4 is 10.2 Å². The highest BCUT2D eigenvalue weighted by Gasteiger charge is 2.27. The number of aryl methyl sites for hydroxylation is 1. The lowest BCUT2D eigenvalue weighted by Gasteiger charge is -2.26. The Morgan fingerprint density at radius 2 is 1.85 bits per heavy atom. The normalized spacial score (nSPS) is 15.5. The smallest absolute Gasteiger partial charge is 0.259 e. The van der Waals surface area contributed by atoms with Gasteiger partial charge in [-0.25, -0.2) is 8.42 Å². The molecule has 27 heavy (non-hydrogen) atoms. The third-order valence-electron chi connectivity index (χ3n) is 4.75. The number of anilines is 2. The minimum atomic E-state index is -3.58. The molecule has 0 unspecified atom stereocenters. The van der Waals surface area contributed by atoms with Gasteiger partial charge in [0, 0.05) is 27.2 Å². The lowest BCUT2D eigenvalue weighted by molar-refractivity contribution is 0.102. The molecular weight excluding hydrogens is 366 g/mol. The number of nitrogens with zero attached hydrogens (tertiary/aromatic N) is 2. The van der Waals surface area contributed by atoms with Crippen molar-refractivity contribution in [1.82, 2.24) is 4.31 Å². The molecular formula is C19H25N3O4S. The van der Waals surface area contributed by atoms with E-state index in [0.29, 0.717) is 30.1 Å². The van der Waals surface area contributed by atoms with Crippen molar-refractivity contribution in [2.75, 3.05) is 37.4 Å². The number of carbonyl (C=O) groups is 1. The van der Waals surface area contributed by atoms with E-state index in [1.807, 2.05) is 19.0 Å². The predicted octanol–water partition coefficient (Wildman–Crippen LogP) is 3.08. The average Bonchev–Trinajstić information content (AvgIpc) is 3.08. The zero-order valence-electron chi connectivity index (χ0n) is 15.9. The van der Waals surface area contributed by atoms with Gasteiger partial charge in [0.25, 0.3) is 5.91 Å². The Balaban J connectivity index is 1.95. The summed E-state index contributed by atoms with van der Waals surface area (Å²) in [5.74, 6) is 0.174. The van der Waals surface area contributed by atoms with Crippen LogP contribution in [0.15, 0.2) is 39.8 Å². The van der Waals surface area contributed by atoms with Crippen molar-refractivity contribution in [1.29, 1.82) is 0 Å². The number of carbonyl (C=O) groups excluding carboxylic acids is 1. The molecule has 1 aromatic heterocycles. The zero-order chi connectivity index (χ0) is 19.6. The summed E-state index contributed by atoms with van der Waals surface area (Å²) < 4.78 is 32.7. The van der Waals surface area contributed by atoms with E-state index in [-0.39, 0.29) is 10.8 Å². The summed E-state index contributed by atoms with van der Waals surface area (Å²) in [5.41, 5.74) is 1.59. The Kier molecular flexibility index (Phi) is 5.57. The standard InChI is InChI=1S/C19H25N3O4S/c1-14-16(9-12-26-14)19(23)20-17-13-15(7-8-18(17)21(2)3)27(24,25)22-10-5-4-6-11-22/h7-9,12-13H,4-6,10-11H2,1-3H3,(H,20,23). The first-order valence-corrected chi connectivity index (χ1v) is 10.4. The topological polar surface area (TPSA) is 82.9 Å². The van der Waals surface area contributed by atoms with Crippen LogP contribution >= 0.6 is 0 Å². The van der Waals surface area contributed by atoms with Gasteiger partial charge in [-0.15, -0.1) is 0 Å². The van der Waals surface area contributed by atoms with Gasteiger partial charge in [0.15, 0.2) is 0 Å². The van der Waals surface area contributed by atoms with Crippen molar-refractivity contribution >= 4 is 27.3 Å². The van der Waals surface area contributed by atoms with Crippen molar-refractivity contribution < 1.29 is 17.6 Å². The predicted molar refractivity (Wildman–Crippen MR) is 105 cm³/mol. The number of benzene rings is 1. The van der Waals surface area contributed by atoms with Crippen LogP contribution in [0.4, 0.5) is 11.4 Å². The number of piperidine rings is 1. The van der Waals surface area contributed by atoms with Crippen molar-refractivity contribution in [3.8, 4) is 0 Å². The number of nitrogens with one attached hydrogen (secondary N) is 1. The van der Waals surface area contributed by atoms with Gasteiger partial charge in [0.1, 0.15) is 5.76 Å². The van der Waals surface area contributed by atoms with Crippen LogP contribution in [0.5, 0.6) is 0 Å². The Labute approximate surface area is 160 Å². The van der Waals surface area contributed by atoms with Crippen LogP contribution in [-0.2, 0) is 10.0 Å². The van der Waals surface area contributed by atoms with E-state index in [0.717, 1.165) is 24.9 Å². The van der Waals surface area contributed by atoms with Crippen LogP contribution in [0.25, 0.3) is 0 Å². The van der Waals surface area contributed by atoms with Crippen LogP contribution in [0.2, 0.25) is 0 Å². The second kappa shape index (κ2) is 7.74. The monoisotopic (exact) mass is 391 g/mol. The number of hydrogen-bond acceptors (Lipinski definition) is 5. The summed E-state index contributed by atoms with van der Waals surface area (Å²) >= 11 is 0. The van der Waals surface area contributed by atoms with Gasteiger partial charge in [-0.1, -0.05) is 6.42 Å². The van der Waals surface area contributed by atoms with Crippen molar-refractivity contribution in [2.24, 2.45) is 0 Å². The largest absolute Gasteiger partial charge is 0.469 e. The van der Waals surface area contributed by atoms with E-state index in [2.05, 4.69) is 5.32 Å². The maximum absolute atomic E-state index is 13.0. The van der Waals surface area contributed by atoms with Gasteiger partial charge in [0.05, 0.1) is 28.1 Å². The van der Waals surface area contributed by atoms with Gasteiger partial charge < -0.3 is 14.6 Å². The Morgan fingerprint density at radius 1 is 1.15 bits per heavy atom. The van der Waals surface area contributed by atoms with E-state index >= 15 is 0 Å². The molecule has 1 aliphatic rings. The second-order valence-electron chi connectivity index (χ2n) is 6.88. The van der Waals surface area contributed by atoms with Crippen molar-refractivity contribution in [3.63, 3.8) is 0 Å². The molecule has 1 fully saturated rings. The first-order chi connectivity index (χ1) is 12.8. The third kappa shape index (κ3) is 4.01. The quantitative estimate of drug-likeness (QED) is 0.847. The Hall–Kier alpha value is -2.32. The van der Waals surface area contributed by atoms with Gasteiger partial charge in [-0.2, -0.15) is 4.31 Å². The third-order valence-corrected chi connectivity index (χ3v) is 6.65. The molecule has 8 heteroatoms. The minimum absolute atomic E-state index is 0.189. The molecule has 0 spiro atoms. The van der Waals surface area contributed by atoms with Crippen LogP contribution in [0.1, 0.15) is 35.4 Å². The van der Waals surface area contributed by atoms with Gasteiger partial charge in [-0.05, 0) is 44.0 Å². The second-order valence-corrected chi connectivity index (χ2v) is 8.82. The summed E-state index contributed by atoms with van der Waals surface area (Å²) in [6.45, 7) is 2.78. The molecule has 0 atom stereocenters. The van der Waals surface area contributed by atoms with Gasteiger partial charge in [-0.3, -0.25) is 4.79 Å². The molecule has 1 N–H and O–H groups in total. The highest BCUT2D eigenvalue weighted by molar-refractivity contribution is 7.89. The summed E-state index contributed by atoms with van der Waals surface area (Å²) in [6.07, 6.45) is 4.25. The van der Waals surface area contributed by atoms with Gasteiger partial charge in [0.2, 0.25) is 10.0 Å². The van der Waals surface area contributed by atoms with E-state index in [1.54, 1.807) is 25.1 Å². The lowest BCUT2D eigenvalue weighted by atomic mass is 10.2. The molecule has 2 aromatic rings.